The number of rotatable bonds is 5. The molecule has 0 atom stereocenters. The molecule has 0 aliphatic heterocycles. The minimum Gasteiger partial charge on any atom is -0.308 e. The summed E-state index contributed by atoms with van der Waals surface area (Å²) in [5, 5.41) is 5.77. The molecule has 0 fully saturated rings. The highest BCUT2D eigenvalue weighted by Gasteiger charge is 2.21. The van der Waals surface area contributed by atoms with E-state index < -0.39 is 0 Å². The molecule has 0 saturated carbocycles. The van der Waals surface area contributed by atoms with Crippen molar-refractivity contribution in [1.82, 2.24) is 19.5 Å². The summed E-state index contributed by atoms with van der Waals surface area (Å²) >= 11 is 0. The minimum absolute atomic E-state index is 0.829. The molecule has 3 aromatic heterocycles. The molecule has 9 aromatic rings. The van der Waals surface area contributed by atoms with Crippen molar-refractivity contribution in [2.24, 2.45) is 0 Å². The van der Waals surface area contributed by atoms with Gasteiger partial charge < -0.3 is 4.90 Å². The van der Waals surface area contributed by atoms with Gasteiger partial charge in [-0.2, -0.15) is 0 Å². The first kappa shape index (κ1) is 26.1. The highest BCUT2D eigenvalue weighted by Crippen LogP contribution is 2.40. The molecule has 0 radical (unpaired) electrons. The predicted molar refractivity (Wildman–Crippen MR) is 189 cm³/mol. The Balaban J connectivity index is 1.26. The van der Waals surface area contributed by atoms with Crippen LogP contribution in [0.5, 0.6) is 0 Å². The smallest absolute Gasteiger partial charge is 0.164 e. The lowest BCUT2D eigenvalue weighted by Gasteiger charge is -2.26. The third kappa shape index (κ3) is 4.21. The fraction of sp³-hybridized carbons (Fsp3) is 0. The van der Waals surface area contributed by atoms with Crippen molar-refractivity contribution in [2.75, 3.05) is 4.90 Å². The largest absolute Gasteiger partial charge is 0.308 e. The Bertz CT molecular complexity index is 2480. The van der Waals surface area contributed by atoms with Gasteiger partial charge in [-0.3, -0.25) is 9.55 Å². The van der Waals surface area contributed by atoms with Crippen LogP contribution >= 0.6 is 0 Å². The average molecular weight is 590 g/mol. The number of aromatic nitrogens is 4. The molecule has 0 unspecified atom stereocenters. The van der Waals surface area contributed by atoms with E-state index in [9.17, 15) is 0 Å². The van der Waals surface area contributed by atoms with Crippen molar-refractivity contribution in [3.63, 3.8) is 0 Å². The van der Waals surface area contributed by atoms with E-state index in [-0.39, 0.29) is 0 Å². The number of benzene rings is 6. The quantitative estimate of drug-likeness (QED) is 0.187. The lowest BCUT2D eigenvalue weighted by molar-refractivity contribution is 1.10. The summed E-state index contributed by atoms with van der Waals surface area (Å²) < 4.78 is 2.23. The van der Waals surface area contributed by atoms with E-state index in [2.05, 4.69) is 137 Å². The minimum atomic E-state index is 0.829. The van der Waals surface area contributed by atoms with E-state index in [1.165, 1.54) is 10.8 Å². The number of fused-ring (bicyclic) bond motifs is 4. The average Bonchev–Trinajstić information content (AvgIpc) is 3.51. The molecule has 0 saturated heterocycles. The summed E-state index contributed by atoms with van der Waals surface area (Å²) in [7, 11) is 0. The second kappa shape index (κ2) is 10.7. The summed E-state index contributed by atoms with van der Waals surface area (Å²) in [6.45, 7) is 0. The van der Waals surface area contributed by atoms with Gasteiger partial charge >= 0.3 is 0 Å². The maximum atomic E-state index is 5.18. The van der Waals surface area contributed by atoms with Crippen molar-refractivity contribution in [1.29, 1.82) is 0 Å². The molecule has 0 N–H and O–H groups in total. The van der Waals surface area contributed by atoms with Crippen LogP contribution in [0.2, 0.25) is 0 Å². The van der Waals surface area contributed by atoms with Crippen LogP contribution in [0, 0.1) is 0 Å². The first-order valence-electron chi connectivity index (χ1n) is 15.4. The standard InChI is InChI=1S/C41H27N5/c1-2-15-32(16-3-1)45(37-20-8-13-28-14-9-25-42-38(28)37)33-23-21-29(22-24-33)40-44-36-19-10-26-43-41(36)46(40)39-34-17-6-4-11-30(34)27-31-12-5-7-18-35(31)39/h1-27H. The second-order valence-electron chi connectivity index (χ2n) is 11.4. The van der Waals surface area contributed by atoms with Crippen molar-refractivity contribution in [2.45, 2.75) is 0 Å². The molecule has 0 aliphatic carbocycles. The zero-order valence-corrected chi connectivity index (χ0v) is 24.8. The van der Waals surface area contributed by atoms with Gasteiger partial charge in [0.05, 0.1) is 16.9 Å². The molecule has 0 amide bonds. The fourth-order valence-electron chi connectivity index (χ4n) is 6.58. The molecule has 0 spiro atoms. The van der Waals surface area contributed by atoms with Crippen LogP contribution in [0.4, 0.5) is 17.1 Å². The Morgan fingerprint density at radius 2 is 1.13 bits per heavy atom. The van der Waals surface area contributed by atoms with Gasteiger partial charge in [-0.1, -0.05) is 84.9 Å². The Hall–Kier alpha value is -6.33. The second-order valence-corrected chi connectivity index (χ2v) is 11.4. The van der Waals surface area contributed by atoms with E-state index in [1.54, 1.807) is 0 Å². The monoisotopic (exact) mass is 589 g/mol. The Morgan fingerprint density at radius 1 is 0.500 bits per heavy atom. The van der Waals surface area contributed by atoms with Gasteiger partial charge in [0.25, 0.3) is 0 Å². The fourth-order valence-corrected chi connectivity index (χ4v) is 6.58. The van der Waals surface area contributed by atoms with Crippen LogP contribution in [0.15, 0.2) is 164 Å². The number of hydrogen-bond acceptors (Lipinski definition) is 4. The maximum absolute atomic E-state index is 5.18. The molecular weight excluding hydrogens is 562 g/mol. The zero-order chi connectivity index (χ0) is 30.5. The van der Waals surface area contributed by atoms with Gasteiger partial charge in [0, 0.05) is 45.5 Å². The van der Waals surface area contributed by atoms with Gasteiger partial charge in [-0.25, -0.2) is 9.97 Å². The van der Waals surface area contributed by atoms with Crippen molar-refractivity contribution < 1.29 is 0 Å². The Kier molecular flexibility index (Phi) is 6.06. The van der Waals surface area contributed by atoms with Crippen LogP contribution in [-0.4, -0.2) is 19.5 Å². The molecule has 5 heteroatoms. The molecule has 0 bridgehead atoms. The summed E-state index contributed by atoms with van der Waals surface area (Å²) in [5.41, 5.74) is 7.84. The molecule has 3 heterocycles. The van der Waals surface area contributed by atoms with Gasteiger partial charge in [0.1, 0.15) is 11.3 Å². The highest BCUT2D eigenvalue weighted by atomic mass is 15.2. The topological polar surface area (TPSA) is 46.8 Å². The lowest BCUT2D eigenvalue weighted by atomic mass is 10.0. The highest BCUT2D eigenvalue weighted by molar-refractivity contribution is 6.09. The van der Waals surface area contributed by atoms with Crippen LogP contribution in [-0.2, 0) is 0 Å². The van der Waals surface area contributed by atoms with Crippen LogP contribution in [0.25, 0.3) is 60.7 Å². The molecule has 46 heavy (non-hydrogen) atoms. The van der Waals surface area contributed by atoms with Crippen molar-refractivity contribution in [3.05, 3.63) is 164 Å². The molecule has 5 nitrogen and oxygen atoms in total. The van der Waals surface area contributed by atoms with Gasteiger partial charge in [0.15, 0.2) is 5.65 Å². The zero-order valence-electron chi connectivity index (χ0n) is 24.8. The van der Waals surface area contributed by atoms with Crippen molar-refractivity contribution >= 4 is 60.7 Å². The Labute approximate surface area is 265 Å². The van der Waals surface area contributed by atoms with Gasteiger partial charge in [0.2, 0.25) is 0 Å². The molecule has 216 valence electrons. The normalized spacial score (nSPS) is 11.5. The third-order valence-corrected chi connectivity index (χ3v) is 8.63. The molecule has 0 aliphatic rings. The van der Waals surface area contributed by atoms with Gasteiger partial charge in [-0.05, 0) is 77.5 Å². The van der Waals surface area contributed by atoms with E-state index in [0.717, 1.165) is 67.0 Å². The third-order valence-electron chi connectivity index (χ3n) is 8.63. The van der Waals surface area contributed by atoms with Crippen LogP contribution in [0.1, 0.15) is 0 Å². The van der Waals surface area contributed by atoms with Crippen LogP contribution < -0.4 is 4.90 Å². The number of anilines is 3. The van der Waals surface area contributed by atoms with Crippen LogP contribution in [0.3, 0.4) is 0 Å². The predicted octanol–water partition coefficient (Wildman–Crippen LogP) is 10.4. The lowest BCUT2D eigenvalue weighted by Crippen LogP contribution is -2.10. The summed E-state index contributed by atoms with van der Waals surface area (Å²) in [6.07, 6.45) is 3.70. The SMILES string of the molecule is c1ccc(N(c2ccc(-c3nc4cccnc4n3-c3c4ccccc4cc4ccccc34)cc2)c2cccc3cccnc23)cc1. The van der Waals surface area contributed by atoms with Gasteiger partial charge in [-0.15, -0.1) is 0 Å². The maximum Gasteiger partial charge on any atom is 0.164 e. The summed E-state index contributed by atoms with van der Waals surface area (Å²) in [6, 6.07) is 52.9. The summed E-state index contributed by atoms with van der Waals surface area (Å²) in [5.74, 6) is 0.847. The molecule has 6 aromatic carbocycles. The Morgan fingerprint density at radius 3 is 1.91 bits per heavy atom. The van der Waals surface area contributed by atoms with E-state index in [1.807, 2.05) is 36.7 Å². The summed E-state index contributed by atoms with van der Waals surface area (Å²) in [4.78, 5) is 17.1. The van der Waals surface area contributed by atoms with E-state index in [0.29, 0.717) is 0 Å². The number of nitrogens with zero attached hydrogens (tertiary/aromatic N) is 5. The first-order valence-corrected chi connectivity index (χ1v) is 15.4. The van der Waals surface area contributed by atoms with E-state index >= 15 is 0 Å². The van der Waals surface area contributed by atoms with Crippen molar-refractivity contribution in [3.8, 4) is 17.1 Å². The number of para-hydroxylation sites is 2. The van der Waals surface area contributed by atoms with E-state index in [4.69, 9.17) is 15.0 Å². The number of hydrogen-bond donors (Lipinski definition) is 0. The first-order chi connectivity index (χ1) is 22.8. The number of pyridine rings is 2. The molecule has 9 rings (SSSR count). The number of imidazole rings is 1. The molecular formula is C41H27N5.